The lowest BCUT2D eigenvalue weighted by Crippen LogP contribution is -2.39. The summed E-state index contributed by atoms with van der Waals surface area (Å²) in [5, 5.41) is 0. The van der Waals surface area contributed by atoms with Gasteiger partial charge in [0, 0.05) is 24.4 Å². The molecular weight excluding hydrogens is 400 g/mol. The van der Waals surface area contributed by atoms with Crippen LogP contribution in [0.15, 0.2) is 47.4 Å². The minimum Gasteiger partial charge on any atom is -0.486 e. The average Bonchev–Trinajstić information content (AvgIpc) is 3.28. The largest absolute Gasteiger partial charge is 0.486 e. The van der Waals surface area contributed by atoms with Crippen LogP contribution in [0.3, 0.4) is 0 Å². The molecule has 0 N–H and O–H groups in total. The zero-order valence-corrected chi connectivity index (χ0v) is 17.5. The number of para-hydroxylation sites is 1. The van der Waals surface area contributed by atoms with Crippen LogP contribution < -0.4 is 14.4 Å². The molecular formula is C23H24N2O4S. The molecule has 2 amide bonds. The molecule has 5 rings (SSSR count). The first-order chi connectivity index (χ1) is 14.7. The van der Waals surface area contributed by atoms with Crippen molar-refractivity contribution in [2.45, 2.75) is 30.2 Å². The summed E-state index contributed by atoms with van der Waals surface area (Å²) in [4.78, 5) is 30.4. The van der Waals surface area contributed by atoms with Gasteiger partial charge in [-0.25, -0.2) is 0 Å². The zero-order valence-electron chi connectivity index (χ0n) is 16.7. The van der Waals surface area contributed by atoms with E-state index in [0.717, 1.165) is 47.0 Å². The van der Waals surface area contributed by atoms with Crippen LogP contribution in [0.25, 0.3) is 0 Å². The second kappa shape index (κ2) is 8.22. The number of benzene rings is 2. The summed E-state index contributed by atoms with van der Waals surface area (Å²) in [5.41, 5.74) is 2.00. The van der Waals surface area contributed by atoms with E-state index in [1.807, 2.05) is 47.4 Å². The highest BCUT2D eigenvalue weighted by molar-refractivity contribution is 8.00. The third kappa shape index (κ3) is 3.62. The highest BCUT2D eigenvalue weighted by atomic mass is 32.2. The van der Waals surface area contributed by atoms with E-state index in [-0.39, 0.29) is 17.9 Å². The number of fused-ring (bicyclic) bond motifs is 2. The van der Waals surface area contributed by atoms with E-state index in [9.17, 15) is 9.59 Å². The van der Waals surface area contributed by atoms with Gasteiger partial charge in [-0.15, -0.1) is 11.8 Å². The van der Waals surface area contributed by atoms with Crippen LogP contribution in [0, 0.1) is 0 Å². The van der Waals surface area contributed by atoms with Gasteiger partial charge in [-0.3, -0.25) is 9.59 Å². The van der Waals surface area contributed by atoms with Crippen LogP contribution in [0.2, 0.25) is 0 Å². The fourth-order valence-corrected chi connectivity index (χ4v) is 5.36. The Bertz CT molecular complexity index is 979. The maximum Gasteiger partial charge on any atom is 0.237 e. The molecule has 1 unspecified atom stereocenters. The lowest BCUT2D eigenvalue weighted by Gasteiger charge is -2.30. The normalized spacial score (nSPS) is 20.3. The Balaban J connectivity index is 1.29. The Kier molecular flexibility index (Phi) is 5.29. The second-order valence-corrected chi connectivity index (χ2v) is 8.72. The zero-order chi connectivity index (χ0) is 20.5. The molecule has 0 aliphatic carbocycles. The molecule has 30 heavy (non-hydrogen) atoms. The van der Waals surface area contributed by atoms with Crippen molar-refractivity contribution in [3.05, 3.63) is 48.0 Å². The molecule has 1 fully saturated rings. The van der Waals surface area contributed by atoms with Crippen LogP contribution >= 0.6 is 11.8 Å². The fraction of sp³-hybridized carbons (Fsp3) is 0.391. The molecule has 1 saturated heterocycles. The Morgan fingerprint density at radius 1 is 1.10 bits per heavy atom. The molecule has 0 aromatic heterocycles. The lowest BCUT2D eigenvalue weighted by molar-refractivity contribution is -0.132. The number of carbonyl (C=O) groups excluding carboxylic acids is 2. The molecule has 156 valence electrons. The van der Waals surface area contributed by atoms with Gasteiger partial charge in [-0.2, -0.15) is 0 Å². The molecule has 2 aromatic rings. The van der Waals surface area contributed by atoms with Gasteiger partial charge in [0.1, 0.15) is 13.2 Å². The van der Waals surface area contributed by atoms with Crippen LogP contribution in [0.4, 0.5) is 5.69 Å². The number of ether oxygens (including phenoxy) is 2. The Hall–Kier alpha value is -2.67. The van der Waals surface area contributed by atoms with E-state index >= 15 is 0 Å². The predicted molar refractivity (Wildman–Crippen MR) is 115 cm³/mol. The number of rotatable bonds is 4. The van der Waals surface area contributed by atoms with Gasteiger partial charge in [0.05, 0.1) is 17.5 Å². The number of anilines is 1. The van der Waals surface area contributed by atoms with Crippen molar-refractivity contribution in [2.75, 3.05) is 37.0 Å². The molecule has 6 nitrogen and oxygen atoms in total. The molecule has 0 saturated carbocycles. The predicted octanol–water partition coefficient (Wildman–Crippen LogP) is 3.65. The van der Waals surface area contributed by atoms with E-state index < -0.39 is 0 Å². The highest BCUT2D eigenvalue weighted by Crippen LogP contribution is 2.39. The summed E-state index contributed by atoms with van der Waals surface area (Å²) in [5.74, 6) is 2.11. The highest BCUT2D eigenvalue weighted by Gasteiger charge is 2.32. The summed E-state index contributed by atoms with van der Waals surface area (Å²) in [7, 11) is 0. The SMILES string of the molecule is O=C1CSc2ccccc2N1CCC(=O)N1CCCC1c1ccc2c(c1)OCCO2. The van der Waals surface area contributed by atoms with Crippen LogP contribution in [0.1, 0.15) is 30.9 Å². The molecule has 2 aromatic carbocycles. The molecule has 0 radical (unpaired) electrons. The first kappa shape index (κ1) is 19.3. The summed E-state index contributed by atoms with van der Waals surface area (Å²) in [6.07, 6.45) is 2.24. The molecule has 7 heteroatoms. The van der Waals surface area contributed by atoms with Gasteiger partial charge in [0.15, 0.2) is 11.5 Å². The standard InChI is InChI=1S/C23H24N2O4S/c26-22(9-11-25-18-4-1-2-6-21(18)30-15-23(25)27)24-10-3-5-17(24)16-7-8-19-20(14-16)29-13-12-28-19/h1-2,4,6-8,14,17H,3,5,9-13,15H2. The Labute approximate surface area is 180 Å². The smallest absolute Gasteiger partial charge is 0.237 e. The summed E-state index contributed by atoms with van der Waals surface area (Å²) < 4.78 is 11.3. The van der Waals surface area contributed by atoms with Crippen LogP contribution in [0.5, 0.6) is 11.5 Å². The summed E-state index contributed by atoms with van der Waals surface area (Å²) in [6, 6.07) is 13.9. The van der Waals surface area contributed by atoms with E-state index in [1.54, 1.807) is 16.7 Å². The van der Waals surface area contributed by atoms with Gasteiger partial charge < -0.3 is 19.3 Å². The maximum absolute atomic E-state index is 13.1. The minimum absolute atomic E-state index is 0.0493. The number of nitrogens with zero attached hydrogens (tertiary/aromatic N) is 2. The number of likely N-dealkylation sites (tertiary alicyclic amines) is 1. The summed E-state index contributed by atoms with van der Waals surface area (Å²) >= 11 is 1.56. The molecule has 1 atom stereocenters. The Morgan fingerprint density at radius 2 is 1.93 bits per heavy atom. The van der Waals surface area contributed by atoms with Crippen molar-refractivity contribution in [3.63, 3.8) is 0 Å². The van der Waals surface area contributed by atoms with E-state index in [1.165, 1.54) is 0 Å². The van der Waals surface area contributed by atoms with Crippen LogP contribution in [-0.4, -0.2) is 48.8 Å². The minimum atomic E-state index is 0.0493. The van der Waals surface area contributed by atoms with Crippen molar-refractivity contribution >= 4 is 29.3 Å². The van der Waals surface area contributed by atoms with Gasteiger partial charge in [0.2, 0.25) is 11.8 Å². The quantitative estimate of drug-likeness (QED) is 0.750. The van der Waals surface area contributed by atoms with Gasteiger partial charge in [-0.05, 0) is 42.7 Å². The first-order valence-electron chi connectivity index (χ1n) is 10.4. The third-order valence-corrected chi connectivity index (χ3v) is 6.93. The van der Waals surface area contributed by atoms with E-state index in [0.29, 0.717) is 31.9 Å². The van der Waals surface area contributed by atoms with E-state index in [4.69, 9.17) is 9.47 Å². The summed E-state index contributed by atoms with van der Waals surface area (Å²) in [6.45, 7) is 2.28. The van der Waals surface area contributed by atoms with Gasteiger partial charge >= 0.3 is 0 Å². The first-order valence-corrected chi connectivity index (χ1v) is 11.4. The molecule has 3 aliphatic rings. The average molecular weight is 425 g/mol. The third-order valence-electron chi connectivity index (χ3n) is 5.88. The Morgan fingerprint density at radius 3 is 2.83 bits per heavy atom. The number of hydrogen-bond acceptors (Lipinski definition) is 5. The number of amides is 2. The molecule has 0 bridgehead atoms. The molecule has 0 spiro atoms. The molecule has 3 aliphatic heterocycles. The fourth-order valence-electron chi connectivity index (χ4n) is 4.43. The molecule has 3 heterocycles. The number of carbonyl (C=O) groups is 2. The number of thioether (sulfide) groups is 1. The van der Waals surface area contributed by atoms with Crippen molar-refractivity contribution in [1.82, 2.24) is 4.90 Å². The number of hydrogen-bond donors (Lipinski definition) is 0. The van der Waals surface area contributed by atoms with Crippen molar-refractivity contribution in [2.24, 2.45) is 0 Å². The van der Waals surface area contributed by atoms with E-state index in [2.05, 4.69) is 0 Å². The van der Waals surface area contributed by atoms with Gasteiger partial charge in [-0.1, -0.05) is 18.2 Å². The monoisotopic (exact) mass is 424 g/mol. The van der Waals surface area contributed by atoms with Gasteiger partial charge in [0.25, 0.3) is 0 Å². The topological polar surface area (TPSA) is 59.1 Å². The van der Waals surface area contributed by atoms with Crippen molar-refractivity contribution in [3.8, 4) is 11.5 Å². The van der Waals surface area contributed by atoms with Crippen molar-refractivity contribution in [1.29, 1.82) is 0 Å². The lowest BCUT2D eigenvalue weighted by atomic mass is 10.0. The van der Waals surface area contributed by atoms with Crippen LogP contribution in [-0.2, 0) is 9.59 Å². The second-order valence-electron chi connectivity index (χ2n) is 7.70. The maximum atomic E-state index is 13.1. The van der Waals surface area contributed by atoms with Crippen molar-refractivity contribution < 1.29 is 19.1 Å².